The predicted octanol–water partition coefficient (Wildman–Crippen LogP) is 5.18. The van der Waals surface area contributed by atoms with Crippen LogP contribution in [0.15, 0.2) is 88.6 Å². The number of benzene rings is 2. The first-order valence-corrected chi connectivity index (χ1v) is 12.1. The lowest BCUT2D eigenvalue weighted by Gasteiger charge is -2.22. The minimum Gasteiger partial charge on any atom is -0.467 e. The molecule has 7 heteroatoms. The molecule has 1 aliphatic rings. The third-order valence-electron chi connectivity index (χ3n) is 5.79. The molecule has 1 atom stereocenters. The fourth-order valence-electron chi connectivity index (χ4n) is 3.86. The molecule has 2 heterocycles. The van der Waals surface area contributed by atoms with Gasteiger partial charge in [-0.15, -0.1) is 10.2 Å². The van der Waals surface area contributed by atoms with E-state index in [1.54, 1.807) is 6.26 Å². The maximum Gasteiger partial charge on any atom is 0.234 e. The number of aromatic nitrogens is 3. The Kier molecular flexibility index (Phi) is 6.30. The molecule has 6 nitrogen and oxygen atoms in total. The van der Waals surface area contributed by atoms with E-state index in [9.17, 15) is 4.79 Å². The van der Waals surface area contributed by atoms with Gasteiger partial charge in [-0.25, -0.2) is 0 Å². The summed E-state index contributed by atoms with van der Waals surface area (Å²) in [5, 5.41) is 12.5. The Bertz CT molecular complexity index is 1150. The molecule has 1 aliphatic carbocycles. The highest BCUT2D eigenvalue weighted by Gasteiger charge is 2.32. The lowest BCUT2D eigenvalue weighted by Crippen LogP contribution is -2.35. The summed E-state index contributed by atoms with van der Waals surface area (Å²) in [7, 11) is 0. The van der Waals surface area contributed by atoms with Crippen molar-refractivity contribution >= 4 is 17.7 Å². The van der Waals surface area contributed by atoms with Crippen LogP contribution in [0.5, 0.6) is 0 Å². The third kappa shape index (κ3) is 5.03. The Morgan fingerprint density at radius 3 is 2.27 bits per heavy atom. The zero-order valence-corrected chi connectivity index (χ0v) is 19.2. The summed E-state index contributed by atoms with van der Waals surface area (Å²) in [4.78, 5) is 13.3. The number of furan rings is 1. The number of rotatable bonds is 9. The van der Waals surface area contributed by atoms with Gasteiger partial charge < -0.3 is 9.73 Å². The van der Waals surface area contributed by atoms with Gasteiger partial charge in [0.05, 0.1) is 24.1 Å². The van der Waals surface area contributed by atoms with E-state index in [-0.39, 0.29) is 17.2 Å². The van der Waals surface area contributed by atoms with Crippen LogP contribution >= 0.6 is 11.8 Å². The Labute approximate surface area is 197 Å². The molecule has 0 saturated heterocycles. The average Bonchev–Trinajstić information content (AvgIpc) is 3.43. The molecule has 0 radical (unpaired) electrons. The lowest BCUT2D eigenvalue weighted by atomic mass is 9.98. The van der Waals surface area contributed by atoms with Crippen molar-refractivity contribution in [3.8, 4) is 0 Å². The molecule has 1 N–H and O–H groups in total. The molecular formula is C26H26N4O2S. The summed E-state index contributed by atoms with van der Waals surface area (Å²) in [5.74, 6) is 2.24. The molecule has 0 aliphatic heterocycles. The van der Waals surface area contributed by atoms with Crippen LogP contribution in [0.1, 0.15) is 54.4 Å². The number of carbonyl (C=O) groups is 1. The van der Waals surface area contributed by atoms with Crippen LogP contribution in [-0.2, 0) is 11.3 Å². The second-order valence-electron chi connectivity index (χ2n) is 8.30. The summed E-state index contributed by atoms with van der Waals surface area (Å²) < 4.78 is 7.65. The molecule has 1 saturated carbocycles. The Hall–Kier alpha value is -3.32. The second-order valence-corrected chi connectivity index (χ2v) is 9.61. The summed E-state index contributed by atoms with van der Waals surface area (Å²) in [6.07, 6.45) is 3.94. The predicted molar refractivity (Wildman–Crippen MR) is 128 cm³/mol. The highest BCUT2D eigenvalue weighted by molar-refractivity contribution is 8.00. The zero-order valence-electron chi connectivity index (χ0n) is 18.4. The molecule has 33 heavy (non-hydrogen) atoms. The monoisotopic (exact) mass is 458 g/mol. The van der Waals surface area contributed by atoms with Gasteiger partial charge in [0.2, 0.25) is 5.91 Å². The molecule has 5 rings (SSSR count). The number of nitrogens with one attached hydrogen (secondary N) is 1. The minimum absolute atomic E-state index is 0.0433. The van der Waals surface area contributed by atoms with Crippen molar-refractivity contribution < 1.29 is 9.21 Å². The highest BCUT2D eigenvalue weighted by atomic mass is 32.2. The van der Waals surface area contributed by atoms with Crippen LogP contribution in [0.3, 0.4) is 0 Å². The van der Waals surface area contributed by atoms with E-state index in [1.165, 1.54) is 11.8 Å². The van der Waals surface area contributed by atoms with Gasteiger partial charge in [0, 0.05) is 5.92 Å². The quantitative estimate of drug-likeness (QED) is 0.350. The van der Waals surface area contributed by atoms with Gasteiger partial charge in [-0.3, -0.25) is 9.36 Å². The van der Waals surface area contributed by atoms with Crippen LogP contribution in [0.25, 0.3) is 0 Å². The molecule has 0 spiro atoms. The molecule has 4 aromatic rings. The van der Waals surface area contributed by atoms with Crippen molar-refractivity contribution in [2.75, 3.05) is 0 Å². The number of nitrogens with zero attached hydrogens (tertiary/aromatic N) is 3. The van der Waals surface area contributed by atoms with Gasteiger partial charge in [0.1, 0.15) is 11.6 Å². The third-order valence-corrected chi connectivity index (χ3v) is 6.87. The maximum atomic E-state index is 13.3. The fourth-order valence-corrected chi connectivity index (χ4v) is 4.72. The molecular weight excluding hydrogens is 432 g/mol. The summed E-state index contributed by atoms with van der Waals surface area (Å²) in [5.41, 5.74) is 2.09. The normalized spacial score (nSPS) is 14.4. The van der Waals surface area contributed by atoms with Gasteiger partial charge in [-0.1, -0.05) is 72.4 Å². The van der Waals surface area contributed by atoms with Gasteiger partial charge in [0.25, 0.3) is 0 Å². The Morgan fingerprint density at radius 1 is 1.03 bits per heavy atom. The van der Waals surface area contributed by atoms with E-state index >= 15 is 0 Å². The van der Waals surface area contributed by atoms with Gasteiger partial charge in [-0.2, -0.15) is 0 Å². The first-order chi connectivity index (χ1) is 16.2. The summed E-state index contributed by atoms with van der Waals surface area (Å²) in [6.45, 7) is 2.48. The Balaban J connectivity index is 1.34. The number of amides is 1. The lowest BCUT2D eigenvalue weighted by molar-refractivity contribution is -0.120. The van der Waals surface area contributed by atoms with Crippen LogP contribution in [0, 0.1) is 0 Å². The number of thioether (sulfide) groups is 1. The van der Waals surface area contributed by atoms with E-state index in [2.05, 4.69) is 20.1 Å². The first-order valence-electron chi connectivity index (χ1n) is 11.2. The van der Waals surface area contributed by atoms with Crippen molar-refractivity contribution in [2.45, 2.75) is 48.7 Å². The molecule has 1 amide bonds. The Morgan fingerprint density at radius 2 is 1.70 bits per heavy atom. The smallest absolute Gasteiger partial charge is 0.234 e. The first kappa shape index (κ1) is 21.5. The van der Waals surface area contributed by atoms with E-state index < -0.39 is 0 Å². The largest absolute Gasteiger partial charge is 0.467 e. The van der Waals surface area contributed by atoms with Crippen molar-refractivity contribution in [1.29, 1.82) is 0 Å². The molecule has 2 aromatic carbocycles. The number of hydrogen-bond acceptors (Lipinski definition) is 5. The molecule has 168 valence electrons. The zero-order chi connectivity index (χ0) is 22.6. The van der Waals surface area contributed by atoms with Crippen LogP contribution in [0.2, 0.25) is 0 Å². The van der Waals surface area contributed by atoms with Gasteiger partial charge in [-0.05, 0) is 43.0 Å². The standard InChI is InChI=1S/C26H26N4O2S/c1-18(25(31)27-23(19-9-4-2-5-10-19)20-11-6-3-7-12-20)33-26-29-28-24(21-14-15-21)30(26)17-22-13-8-16-32-22/h2-13,16,18,21,23H,14-15,17H2,1H3,(H,27,31). The van der Waals surface area contributed by atoms with Crippen LogP contribution in [-0.4, -0.2) is 25.9 Å². The SMILES string of the molecule is CC(Sc1nnc(C2CC2)n1Cc1ccco1)C(=O)NC(c1ccccc1)c1ccccc1. The molecule has 0 bridgehead atoms. The van der Waals surface area contributed by atoms with Crippen molar-refractivity contribution in [3.05, 3.63) is 102 Å². The van der Waals surface area contributed by atoms with Crippen molar-refractivity contribution in [1.82, 2.24) is 20.1 Å². The highest BCUT2D eigenvalue weighted by Crippen LogP contribution is 2.40. The van der Waals surface area contributed by atoms with Gasteiger partial charge >= 0.3 is 0 Å². The van der Waals surface area contributed by atoms with E-state index in [1.807, 2.05) is 79.7 Å². The molecule has 2 aromatic heterocycles. The number of carbonyl (C=O) groups excluding carboxylic acids is 1. The van der Waals surface area contributed by atoms with E-state index in [4.69, 9.17) is 4.42 Å². The second kappa shape index (κ2) is 9.67. The van der Waals surface area contributed by atoms with Crippen molar-refractivity contribution in [3.63, 3.8) is 0 Å². The summed E-state index contributed by atoms with van der Waals surface area (Å²) >= 11 is 1.43. The van der Waals surface area contributed by atoms with Crippen LogP contribution in [0.4, 0.5) is 0 Å². The topological polar surface area (TPSA) is 73.0 Å². The number of hydrogen-bond donors (Lipinski definition) is 1. The average molecular weight is 459 g/mol. The fraction of sp³-hybridized carbons (Fsp3) is 0.269. The minimum atomic E-state index is -0.341. The van der Waals surface area contributed by atoms with Crippen molar-refractivity contribution in [2.24, 2.45) is 0 Å². The van der Waals surface area contributed by atoms with E-state index in [0.29, 0.717) is 12.5 Å². The summed E-state index contributed by atoms with van der Waals surface area (Å²) in [6, 6.07) is 23.7. The van der Waals surface area contributed by atoms with E-state index in [0.717, 1.165) is 40.7 Å². The molecule has 1 unspecified atom stereocenters. The molecule has 1 fully saturated rings. The maximum absolute atomic E-state index is 13.3. The van der Waals surface area contributed by atoms with Crippen LogP contribution < -0.4 is 5.32 Å². The van der Waals surface area contributed by atoms with Gasteiger partial charge in [0.15, 0.2) is 5.16 Å².